The lowest BCUT2D eigenvalue weighted by Gasteiger charge is -2.37. The van der Waals surface area contributed by atoms with Crippen molar-refractivity contribution in [2.75, 3.05) is 26.1 Å². The van der Waals surface area contributed by atoms with Gasteiger partial charge in [0, 0.05) is 25.6 Å². The van der Waals surface area contributed by atoms with Gasteiger partial charge in [0.15, 0.2) is 0 Å². The van der Waals surface area contributed by atoms with Gasteiger partial charge in [-0.05, 0) is 31.7 Å². The van der Waals surface area contributed by atoms with E-state index >= 15 is 0 Å². The molecule has 3 heteroatoms. The number of halogens is 1. The number of ether oxygens (including phenoxy) is 1. The average Bonchev–Trinajstić information content (AvgIpc) is 2.77. The topological polar surface area (TPSA) is 12.5 Å². The monoisotopic (exact) mass is 231 g/mol. The van der Waals surface area contributed by atoms with Crippen LogP contribution in [-0.4, -0.2) is 43.1 Å². The molecular formula is C12H22ClNO. The Kier molecular flexibility index (Phi) is 4.30. The predicted octanol–water partition coefficient (Wildman–Crippen LogP) is 2.50. The van der Waals surface area contributed by atoms with Crippen molar-refractivity contribution in [3.05, 3.63) is 0 Å². The van der Waals surface area contributed by atoms with Gasteiger partial charge in [-0.15, -0.1) is 11.6 Å². The summed E-state index contributed by atoms with van der Waals surface area (Å²) in [5.74, 6) is 1.53. The molecule has 2 aliphatic rings. The summed E-state index contributed by atoms with van der Waals surface area (Å²) < 4.78 is 5.61. The summed E-state index contributed by atoms with van der Waals surface area (Å²) in [5.41, 5.74) is 0. The molecule has 2 nitrogen and oxygen atoms in total. The minimum atomic E-state index is 0.466. The van der Waals surface area contributed by atoms with Crippen LogP contribution in [0.25, 0.3) is 0 Å². The summed E-state index contributed by atoms with van der Waals surface area (Å²) in [6.45, 7) is 2.41. The van der Waals surface area contributed by atoms with Crippen molar-refractivity contribution >= 4 is 11.6 Å². The largest absolute Gasteiger partial charge is 0.380 e. The molecule has 1 aliphatic carbocycles. The molecule has 2 rings (SSSR count). The zero-order valence-electron chi connectivity index (χ0n) is 9.62. The smallest absolute Gasteiger partial charge is 0.0726 e. The lowest BCUT2D eigenvalue weighted by atomic mass is 9.91. The standard InChI is InChI=1S/C12H22ClNO/c1-15-12-5-3-2-4-11(12)14-7-6-10(8-13)9-14/h10-12H,2-9H2,1H3. The number of hydrogen-bond donors (Lipinski definition) is 0. The second-order valence-electron chi connectivity index (χ2n) is 4.93. The Hall–Kier alpha value is 0.210. The highest BCUT2D eigenvalue weighted by Crippen LogP contribution is 2.29. The number of alkyl halides is 1. The normalized spacial score (nSPS) is 38.4. The molecule has 0 aromatic carbocycles. The van der Waals surface area contributed by atoms with Gasteiger partial charge in [0.05, 0.1) is 6.10 Å². The second kappa shape index (κ2) is 5.51. The lowest BCUT2D eigenvalue weighted by Crippen LogP contribution is -2.45. The molecule has 0 N–H and O–H groups in total. The minimum absolute atomic E-state index is 0.466. The molecule has 3 unspecified atom stereocenters. The number of hydrogen-bond acceptors (Lipinski definition) is 2. The average molecular weight is 232 g/mol. The Morgan fingerprint density at radius 1 is 1.27 bits per heavy atom. The van der Waals surface area contributed by atoms with Gasteiger partial charge >= 0.3 is 0 Å². The highest BCUT2D eigenvalue weighted by Gasteiger charge is 2.34. The SMILES string of the molecule is COC1CCCCC1N1CCC(CCl)C1. The summed E-state index contributed by atoms with van der Waals surface area (Å²) in [5, 5.41) is 0. The first-order chi connectivity index (χ1) is 7.35. The zero-order chi connectivity index (χ0) is 10.7. The fraction of sp³-hybridized carbons (Fsp3) is 1.00. The van der Waals surface area contributed by atoms with Crippen molar-refractivity contribution in [3.63, 3.8) is 0 Å². The molecule has 3 atom stereocenters. The Bertz CT molecular complexity index is 200. The number of nitrogens with zero attached hydrogens (tertiary/aromatic N) is 1. The van der Waals surface area contributed by atoms with E-state index in [9.17, 15) is 0 Å². The highest BCUT2D eigenvalue weighted by molar-refractivity contribution is 6.18. The van der Waals surface area contributed by atoms with Gasteiger partial charge in [-0.2, -0.15) is 0 Å². The lowest BCUT2D eigenvalue weighted by molar-refractivity contribution is -0.00373. The maximum Gasteiger partial charge on any atom is 0.0726 e. The molecule has 0 spiro atoms. The number of rotatable bonds is 3. The molecule has 0 amide bonds. The summed E-state index contributed by atoms with van der Waals surface area (Å²) in [7, 11) is 1.86. The molecule has 88 valence electrons. The van der Waals surface area contributed by atoms with Crippen LogP contribution in [0.5, 0.6) is 0 Å². The minimum Gasteiger partial charge on any atom is -0.380 e. The molecule has 0 bridgehead atoms. The van der Waals surface area contributed by atoms with E-state index in [1.165, 1.54) is 45.2 Å². The molecule has 0 aromatic heterocycles. The van der Waals surface area contributed by atoms with E-state index in [2.05, 4.69) is 4.90 Å². The number of methoxy groups -OCH3 is 1. The third-order valence-corrected chi connectivity index (χ3v) is 4.41. The molecule has 0 radical (unpaired) electrons. The Morgan fingerprint density at radius 3 is 2.73 bits per heavy atom. The molecule has 15 heavy (non-hydrogen) atoms. The fourth-order valence-corrected chi connectivity index (χ4v) is 3.31. The van der Waals surface area contributed by atoms with E-state index in [1.807, 2.05) is 7.11 Å². The van der Waals surface area contributed by atoms with Crippen LogP contribution in [0.2, 0.25) is 0 Å². The van der Waals surface area contributed by atoms with E-state index in [0.29, 0.717) is 18.1 Å². The van der Waals surface area contributed by atoms with E-state index in [1.54, 1.807) is 0 Å². The first-order valence-corrected chi connectivity index (χ1v) is 6.71. The van der Waals surface area contributed by atoms with Gasteiger partial charge < -0.3 is 4.74 Å². The maximum absolute atomic E-state index is 5.92. The van der Waals surface area contributed by atoms with Crippen molar-refractivity contribution < 1.29 is 4.74 Å². The Balaban J connectivity index is 1.90. The Labute approximate surface area is 97.9 Å². The van der Waals surface area contributed by atoms with E-state index in [4.69, 9.17) is 16.3 Å². The summed E-state index contributed by atoms with van der Waals surface area (Å²) >= 11 is 5.92. The van der Waals surface area contributed by atoms with Gasteiger partial charge in [-0.25, -0.2) is 0 Å². The van der Waals surface area contributed by atoms with Gasteiger partial charge in [-0.3, -0.25) is 4.90 Å². The third kappa shape index (κ3) is 2.66. The highest BCUT2D eigenvalue weighted by atomic mass is 35.5. The first-order valence-electron chi connectivity index (χ1n) is 6.18. The summed E-state index contributed by atoms with van der Waals surface area (Å²) in [6, 6.07) is 0.664. The summed E-state index contributed by atoms with van der Waals surface area (Å²) in [4.78, 5) is 2.61. The molecule has 0 aromatic rings. The van der Waals surface area contributed by atoms with Gasteiger partial charge in [0.1, 0.15) is 0 Å². The molecule has 1 saturated carbocycles. The van der Waals surface area contributed by atoms with Crippen LogP contribution in [0, 0.1) is 5.92 Å². The number of likely N-dealkylation sites (tertiary alicyclic amines) is 1. The van der Waals surface area contributed by atoms with Gasteiger partial charge in [0.25, 0.3) is 0 Å². The van der Waals surface area contributed by atoms with E-state index < -0.39 is 0 Å². The fourth-order valence-electron chi connectivity index (χ4n) is 3.06. The first kappa shape index (κ1) is 11.7. The van der Waals surface area contributed by atoms with Gasteiger partial charge in [-0.1, -0.05) is 12.8 Å². The van der Waals surface area contributed by atoms with Crippen LogP contribution >= 0.6 is 11.6 Å². The molecule has 1 heterocycles. The molecule has 2 fully saturated rings. The van der Waals surface area contributed by atoms with Crippen molar-refractivity contribution in [1.29, 1.82) is 0 Å². The van der Waals surface area contributed by atoms with Crippen LogP contribution < -0.4 is 0 Å². The van der Waals surface area contributed by atoms with Crippen LogP contribution in [0.1, 0.15) is 32.1 Å². The second-order valence-corrected chi connectivity index (χ2v) is 5.24. The maximum atomic E-state index is 5.92. The van der Waals surface area contributed by atoms with Crippen molar-refractivity contribution in [2.24, 2.45) is 5.92 Å². The zero-order valence-corrected chi connectivity index (χ0v) is 10.4. The van der Waals surface area contributed by atoms with E-state index in [0.717, 1.165) is 5.88 Å². The van der Waals surface area contributed by atoms with Crippen molar-refractivity contribution in [3.8, 4) is 0 Å². The van der Waals surface area contributed by atoms with Crippen LogP contribution in [0.3, 0.4) is 0 Å². The van der Waals surface area contributed by atoms with Crippen molar-refractivity contribution in [1.82, 2.24) is 4.90 Å². The Morgan fingerprint density at radius 2 is 2.07 bits per heavy atom. The quantitative estimate of drug-likeness (QED) is 0.693. The van der Waals surface area contributed by atoms with Crippen molar-refractivity contribution in [2.45, 2.75) is 44.2 Å². The van der Waals surface area contributed by atoms with Crippen LogP contribution in [-0.2, 0) is 4.74 Å². The summed E-state index contributed by atoms with van der Waals surface area (Å²) in [6.07, 6.45) is 6.99. The van der Waals surface area contributed by atoms with Crippen LogP contribution in [0.15, 0.2) is 0 Å². The van der Waals surface area contributed by atoms with Gasteiger partial charge in [0.2, 0.25) is 0 Å². The molecule has 1 saturated heterocycles. The predicted molar refractivity (Wildman–Crippen MR) is 63.5 cm³/mol. The van der Waals surface area contributed by atoms with Crippen LogP contribution in [0.4, 0.5) is 0 Å². The van der Waals surface area contributed by atoms with E-state index in [-0.39, 0.29) is 0 Å². The molecule has 1 aliphatic heterocycles. The third-order valence-electron chi connectivity index (χ3n) is 3.97. The molecular weight excluding hydrogens is 210 g/mol.